The summed E-state index contributed by atoms with van der Waals surface area (Å²) in [7, 11) is 0. The first-order chi connectivity index (χ1) is 13.7. The largest absolute Gasteiger partial charge is 0.139 e. The molecule has 0 atom stereocenters. The average molecular weight is 457 g/mol. The molecular weight excluding hydrogens is 429 g/mol. The zero-order valence-corrected chi connectivity index (χ0v) is 21.2. The third kappa shape index (κ3) is 4.32. The quantitative estimate of drug-likeness (QED) is 0.280. The molecule has 4 rings (SSSR count). The van der Waals surface area contributed by atoms with Gasteiger partial charge >= 0.3 is 0 Å². The number of thiophene rings is 4. The van der Waals surface area contributed by atoms with Crippen molar-refractivity contribution in [3.63, 3.8) is 0 Å². The van der Waals surface area contributed by atoms with Crippen molar-refractivity contribution < 1.29 is 0 Å². The second-order valence-corrected chi connectivity index (χ2v) is 13.5. The summed E-state index contributed by atoms with van der Waals surface area (Å²) in [5.74, 6) is 0. The molecule has 4 heteroatoms. The predicted octanol–water partition coefficient (Wildman–Crippen LogP) is 9.92. The lowest BCUT2D eigenvalue weighted by Gasteiger charge is -2.20. The molecule has 0 saturated heterocycles. The number of rotatable bonds is 5. The Morgan fingerprint density at radius 3 is 1.24 bits per heavy atom. The van der Waals surface area contributed by atoms with E-state index in [0.717, 1.165) is 0 Å². The van der Waals surface area contributed by atoms with Crippen LogP contribution in [-0.4, -0.2) is 0 Å². The van der Waals surface area contributed by atoms with Crippen LogP contribution in [0.2, 0.25) is 0 Å². The van der Waals surface area contributed by atoms with Crippen LogP contribution in [0.4, 0.5) is 0 Å². The monoisotopic (exact) mass is 456 g/mol. The Bertz CT molecular complexity index is 1110. The zero-order chi connectivity index (χ0) is 20.8. The van der Waals surface area contributed by atoms with E-state index in [1.54, 1.807) is 0 Å². The van der Waals surface area contributed by atoms with Gasteiger partial charge in [0.1, 0.15) is 0 Å². The fraction of sp³-hybridized carbons (Fsp3) is 0.360. The van der Waals surface area contributed by atoms with Gasteiger partial charge in [-0.15, -0.1) is 45.3 Å². The van der Waals surface area contributed by atoms with Gasteiger partial charge in [-0.2, -0.15) is 0 Å². The van der Waals surface area contributed by atoms with E-state index in [-0.39, 0.29) is 10.8 Å². The van der Waals surface area contributed by atoms with Crippen LogP contribution in [0.15, 0.2) is 48.5 Å². The third-order valence-electron chi connectivity index (χ3n) is 5.44. The molecule has 0 saturated carbocycles. The summed E-state index contributed by atoms with van der Waals surface area (Å²) in [4.78, 5) is 11.2. The van der Waals surface area contributed by atoms with Gasteiger partial charge in [-0.1, -0.05) is 41.5 Å². The fourth-order valence-electron chi connectivity index (χ4n) is 3.09. The van der Waals surface area contributed by atoms with Crippen LogP contribution >= 0.6 is 45.3 Å². The molecule has 0 amide bonds. The average Bonchev–Trinajstić information content (AvgIpc) is 3.46. The van der Waals surface area contributed by atoms with Crippen molar-refractivity contribution in [2.75, 3.05) is 0 Å². The molecule has 0 spiro atoms. The van der Waals surface area contributed by atoms with Gasteiger partial charge in [0.2, 0.25) is 0 Å². The Hall–Kier alpha value is -1.20. The Labute approximate surface area is 190 Å². The molecule has 0 radical (unpaired) electrons. The second-order valence-electron chi connectivity index (χ2n) is 9.14. The van der Waals surface area contributed by atoms with Gasteiger partial charge in [0.15, 0.2) is 0 Å². The molecule has 0 aromatic carbocycles. The molecule has 29 heavy (non-hydrogen) atoms. The first kappa shape index (κ1) is 21.0. The minimum Gasteiger partial charge on any atom is -0.139 e. The van der Waals surface area contributed by atoms with Gasteiger partial charge in [0.25, 0.3) is 0 Å². The Morgan fingerprint density at radius 2 is 0.862 bits per heavy atom. The second kappa shape index (κ2) is 7.81. The summed E-state index contributed by atoms with van der Waals surface area (Å²) in [6.07, 6.45) is 1.17. The van der Waals surface area contributed by atoms with Gasteiger partial charge < -0.3 is 0 Å². The van der Waals surface area contributed by atoms with Gasteiger partial charge in [0.05, 0.1) is 0 Å². The molecule has 0 unspecified atom stereocenters. The maximum absolute atomic E-state index is 2.34. The summed E-state index contributed by atoms with van der Waals surface area (Å²) in [6, 6.07) is 18.3. The lowest BCUT2D eigenvalue weighted by Crippen LogP contribution is -2.12. The highest BCUT2D eigenvalue weighted by atomic mass is 32.1. The molecule has 0 aliphatic heterocycles. The van der Waals surface area contributed by atoms with E-state index in [2.05, 4.69) is 90.1 Å². The van der Waals surface area contributed by atoms with E-state index < -0.39 is 0 Å². The summed E-state index contributed by atoms with van der Waals surface area (Å²) in [5, 5.41) is 0. The summed E-state index contributed by atoms with van der Waals surface area (Å²) in [5.41, 5.74) is 0.482. The summed E-state index contributed by atoms with van der Waals surface area (Å²) < 4.78 is 0. The van der Waals surface area contributed by atoms with Crippen molar-refractivity contribution in [1.82, 2.24) is 0 Å². The SMILES string of the molecule is CCC(C)(C)c1ccc(-c2ccc(-c3ccc(-c4ccc(C(C)(C)C)s4)s3)s2)s1. The first-order valence-electron chi connectivity index (χ1n) is 10.1. The van der Waals surface area contributed by atoms with Gasteiger partial charge in [0, 0.05) is 39.0 Å². The molecule has 4 aromatic heterocycles. The van der Waals surface area contributed by atoms with E-state index in [0.29, 0.717) is 0 Å². The van der Waals surface area contributed by atoms with Crippen LogP contribution in [0.25, 0.3) is 29.3 Å². The Balaban J connectivity index is 1.57. The lowest BCUT2D eigenvalue weighted by atomic mass is 9.89. The lowest BCUT2D eigenvalue weighted by molar-refractivity contribution is 0.517. The van der Waals surface area contributed by atoms with E-state index in [1.165, 1.54) is 45.4 Å². The highest BCUT2D eigenvalue weighted by Gasteiger charge is 2.21. The minimum atomic E-state index is 0.220. The van der Waals surface area contributed by atoms with Crippen molar-refractivity contribution in [3.8, 4) is 29.3 Å². The number of hydrogen-bond donors (Lipinski definition) is 0. The molecule has 0 bridgehead atoms. The molecule has 4 heterocycles. The standard InChI is InChI=1S/C25H28S4/c1-7-25(5,6)23-15-13-21(29-23)19-11-9-17(27-19)16-8-10-18(26-16)20-12-14-22(28-20)24(2,3)4/h8-15H,7H2,1-6H3. The zero-order valence-electron chi connectivity index (χ0n) is 18.0. The van der Waals surface area contributed by atoms with Crippen molar-refractivity contribution in [1.29, 1.82) is 0 Å². The van der Waals surface area contributed by atoms with Crippen molar-refractivity contribution >= 4 is 45.3 Å². The van der Waals surface area contributed by atoms with Crippen LogP contribution in [0.5, 0.6) is 0 Å². The Morgan fingerprint density at radius 1 is 0.517 bits per heavy atom. The maximum Gasteiger partial charge on any atom is 0.0449 e. The van der Waals surface area contributed by atoms with Crippen LogP contribution < -0.4 is 0 Å². The molecule has 0 aliphatic rings. The molecule has 0 fully saturated rings. The maximum atomic E-state index is 2.34. The highest BCUT2D eigenvalue weighted by Crippen LogP contribution is 2.45. The molecular formula is C25H28S4. The van der Waals surface area contributed by atoms with Crippen molar-refractivity contribution in [2.24, 2.45) is 0 Å². The molecule has 0 nitrogen and oxygen atoms in total. The molecule has 0 aliphatic carbocycles. The minimum absolute atomic E-state index is 0.220. The normalized spacial score (nSPS) is 12.6. The van der Waals surface area contributed by atoms with Gasteiger partial charge in [-0.05, 0) is 65.8 Å². The molecule has 4 aromatic rings. The Kier molecular flexibility index (Phi) is 5.67. The summed E-state index contributed by atoms with van der Waals surface area (Å²) in [6.45, 7) is 13.8. The van der Waals surface area contributed by atoms with Crippen molar-refractivity contribution in [2.45, 2.75) is 58.8 Å². The smallest absolute Gasteiger partial charge is 0.0449 e. The van der Waals surface area contributed by atoms with Gasteiger partial charge in [-0.25, -0.2) is 0 Å². The fourth-order valence-corrected chi connectivity index (χ4v) is 7.61. The highest BCUT2D eigenvalue weighted by molar-refractivity contribution is 7.28. The molecule has 152 valence electrons. The van der Waals surface area contributed by atoms with Crippen molar-refractivity contribution in [3.05, 3.63) is 58.3 Å². The van der Waals surface area contributed by atoms with Crippen LogP contribution in [-0.2, 0) is 10.8 Å². The molecule has 0 N–H and O–H groups in total. The topological polar surface area (TPSA) is 0 Å². The van der Waals surface area contributed by atoms with E-state index >= 15 is 0 Å². The number of hydrogen-bond acceptors (Lipinski definition) is 4. The third-order valence-corrected chi connectivity index (χ3v) is 11.2. The van der Waals surface area contributed by atoms with Gasteiger partial charge in [-0.3, -0.25) is 0 Å². The van der Waals surface area contributed by atoms with Crippen LogP contribution in [0.1, 0.15) is 57.7 Å². The van der Waals surface area contributed by atoms with E-state index in [1.807, 2.05) is 45.3 Å². The van der Waals surface area contributed by atoms with E-state index in [4.69, 9.17) is 0 Å². The first-order valence-corrected chi connectivity index (χ1v) is 13.4. The van der Waals surface area contributed by atoms with Crippen LogP contribution in [0, 0.1) is 0 Å². The summed E-state index contributed by atoms with van der Waals surface area (Å²) >= 11 is 7.70. The van der Waals surface area contributed by atoms with Crippen LogP contribution in [0.3, 0.4) is 0 Å². The predicted molar refractivity (Wildman–Crippen MR) is 136 cm³/mol. The van der Waals surface area contributed by atoms with E-state index in [9.17, 15) is 0 Å².